The number of hydrogen-bond acceptors (Lipinski definition) is 6. The summed E-state index contributed by atoms with van der Waals surface area (Å²) < 4.78 is 17.5. The maximum atomic E-state index is 14.3. The van der Waals surface area contributed by atoms with E-state index in [1.807, 2.05) is 49.4 Å². The van der Waals surface area contributed by atoms with Crippen LogP contribution in [-0.2, 0) is 23.8 Å². The summed E-state index contributed by atoms with van der Waals surface area (Å²) in [5.41, 5.74) is 0.394. The molecular weight excluding hydrogens is 492 g/mol. The van der Waals surface area contributed by atoms with Gasteiger partial charge in [0.05, 0.1) is 25.2 Å². The van der Waals surface area contributed by atoms with Crippen LogP contribution in [0.1, 0.15) is 53.1 Å². The lowest BCUT2D eigenvalue weighted by Crippen LogP contribution is -2.51. The molecule has 0 aliphatic carbocycles. The molecule has 0 bridgehead atoms. The first-order chi connectivity index (χ1) is 17.8. The molecule has 1 aliphatic heterocycles. The summed E-state index contributed by atoms with van der Waals surface area (Å²) in [6.45, 7) is 5.23. The van der Waals surface area contributed by atoms with Gasteiger partial charge in [0.2, 0.25) is 5.41 Å². The number of esters is 2. The Balaban J connectivity index is 2.01. The van der Waals surface area contributed by atoms with Gasteiger partial charge in [0.1, 0.15) is 6.10 Å². The van der Waals surface area contributed by atoms with Crippen molar-refractivity contribution >= 4 is 29.3 Å². The van der Waals surface area contributed by atoms with Crippen LogP contribution < -0.4 is 0 Å². The number of benzene rings is 3. The monoisotopic (exact) mass is 520 g/mol. The largest absolute Gasteiger partial charge is 0.465 e. The highest BCUT2D eigenvalue weighted by Crippen LogP contribution is 2.59. The van der Waals surface area contributed by atoms with E-state index in [2.05, 4.69) is 0 Å². The SMILES string of the molecule is CCOC(=O)C1(C(=O)OCC)[C@@H](c2ccc(Cl)cc2)O[C@@H](c2ccccc2)[C@H]1C(=O)c1ccc(C)cc1. The number of halogens is 1. The summed E-state index contributed by atoms with van der Waals surface area (Å²) in [4.78, 5) is 42.1. The molecule has 37 heavy (non-hydrogen) atoms. The predicted octanol–water partition coefficient (Wildman–Crippen LogP) is 6.07. The highest BCUT2D eigenvalue weighted by Gasteiger charge is 2.70. The molecule has 1 heterocycles. The molecule has 6 nitrogen and oxygen atoms in total. The van der Waals surface area contributed by atoms with E-state index < -0.39 is 41.3 Å². The van der Waals surface area contributed by atoms with Gasteiger partial charge in [0.25, 0.3) is 0 Å². The van der Waals surface area contributed by atoms with Crippen LogP contribution >= 0.6 is 11.6 Å². The zero-order valence-electron chi connectivity index (χ0n) is 21.0. The molecule has 0 spiro atoms. The minimum Gasteiger partial charge on any atom is -0.465 e. The fraction of sp³-hybridized carbons (Fsp3) is 0.300. The van der Waals surface area contributed by atoms with Crippen molar-refractivity contribution in [1.29, 1.82) is 0 Å². The highest BCUT2D eigenvalue weighted by molar-refractivity contribution is 6.30. The van der Waals surface area contributed by atoms with E-state index in [0.717, 1.165) is 5.56 Å². The van der Waals surface area contributed by atoms with Crippen molar-refractivity contribution in [3.05, 3.63) is 106 Å². The summed E-state index contributed by atoms with van der Waals surface area (Å²) in [5, 5.41) is 0.478. The summed E-state index contributed by atoms with van der Waals surface area (Å²) in [5.74, 6) is -3.39. The third-order valence-corrected chi connectivity index (χ3v) is 6.89. The Labute approximate surface area is 221 Å². The van der Waals surface area contributed by atoms with Crippen LogP contribution in [0, 0.1) is 18.3 Å². The average Bonchev–Trinajstić information content (AvgIpc) is 3.27. The predicted molar refractivity (Wildman–Crippen MR) is 139 cm³/mol. The lowest BCUT2D eigenvalue weighted by molar-refractivity contribution is -0.178. The molecule has 1 saturated heterocycles. The van der Waals surface area contributed by atoms with Crippen molar-refractivity contribution in [2.45, 2.75) is 33.0 Å². The van der Waals surface area contributed by atoms with Gasteiger partial charge in [-0.15, -0.1) is 0 Å². The van der Waals surface area contributed by atoms with Crippen molar-refractivity contribution < 1.29 is 28.6 Å². The van der Waals surface area contributed by atoms with Gasteiger partial charge in [-0.1, -0.05) is 83.9 Å². The lowest BCUT2D eigenvalue weighted by atomic mass is 9.66. The smallest absolute Gasteiger partial charge is 0.327 e. The second kappa shape index (κ2) is 11.3. The number of Topliss-reactive ketones (excluding diaryl/α,β-unsaturated/α-hetero) is 1. The molecule has 1 aliphatic rings. The summed E-state index contributed by atoms with van der Waals surface area (Å²) in [6.07, 6.45) is -2.09. The molecule has 0 aromatic heterocycles. The van der Waals surface area contributed by atoms with Crippen molar-refractivity contribution in [3.8, 4) is 0 Å². The lowest BCUT2D eigenvalue weighted by Gasteiger charge is -2.33. The number of aryl methyl sites for hydroxylation is 1. The molecule has 0 unspecified atom stereocenters. The topological polar surface area (TPSA) is 78.9 Å². The Morgan fingerprint density at radius 3 is 1.92 bits per heavy atom. The fourth-order valence-corrected chi connectivity index (χ4v) is 5.05. The molecule has 3 aromatic rings. The van der Waals surface area contributed by atoms with Gasteiger partial charge in [-0.3, -0.25) is 14.4 Å². The van der Waals surface area contributed by atoms with Gasteiger partial charge in [0, 0.05) is 10.6 Å². The molecule has 0 N–H and O–H groups in total. The number of hydrogen-bond donors (Lipinski definition) is 0. The van der Waals surface area contributed by atoms with Gasteiger partial charge >= 0.3 is 11.9 Å². The Hall–Kier alpha value is -3.48. The Morgan fingerprint density at radius 2 is 1.38 bits per heavy atom. The molecule has 4 rings (SSSR count). The first-order valence-electron chi connectivity index (χ1n) is 12.3. The number of ether oxygens (including phenoxy) is 3. The summed E-state index contributed by atoms with van der Waals surface area (Å²) in [6, 6.07) is 22.8. The molecule has 0 amide bonds. The van der Waals surface area contributed by atoms with E-state index >= 15 is 0 Å². The third kappa shape index (κ3) is 4.91. The Kier molecular flexibility index (Phi) is 8.10. The van der Waals surface area contributed by atoms with Gasteiger partial charge in [0.15, 0.2) is 5.78 Å². The maximum Gasteiger partial charge on any atom is 0.327 e. The third-order valence-electron chi connectivity index (χ3n) is 6.64. The molecule has 3 aromatic carbocycles. The van der Waals surface area contributed by atoms with Crippen molar-refractivity contribution in [2.24, 2.45) is 11.3 Å². The van der Waals surface area contributed by atoms with E-state index in [1.54, 1.807) is 50.2 Å². The highest BCUT2D eigenvalue weighted by atomic mass is 35.5. The Bertz CT molecular complexity index is 1240. The van der Waals surface area contributed by atoms with E-state index in [4.69, 9.17) is 25.8 Å². The van der Waals surface area contributed by atoms with Gasteiger partial charge < -0.3 is 14.2 Å². The van der Waals surface area contributed by atoms with Crippen LogP contribution in [-0.4, -0.2) is 30.9 Å². The van der Waals surface area contributed by atoms with Crippen LogP contribution in [0.5, 0.6) is 0 Å². The molecular formula is C30H29ClO6. The second-order valence-corrected chi connectivity index (χ2v) is 9.35. The van der Waals surface area contributed by atoms with Gasteiger partial charge in [-0.25, -0.2) is 0 Å². The number of carbonyl (C=O) groups is 3. The Morgan fingerprint density at radius 1 is 0.811 bits per heavy atom. The van der Waals surface area contributed by atoms with Crippen LogP contribution in [0.3, 0.4) is 0 Å². The van der Waals surface area contributed by atoms with Gasteiger partial charge in [-0.05, 0) is 44.0 Å². The summed E-state index contributed by atoms with van der Waals surface area (Å²) >= 11 is 6.13. The minimum absolute atomic E-state index is 0.00870. The first kappa shape index (κ1) is 26.6. The van der Waals surface area contributed by atoms with Crippen molar-refractivity contribution in [1.82, 2.24) is 0 Å². The second-order valence-electron chi connectivity index (χ2n) is 8.92. The molecule has 0 saturated carbocycles. The number of rotatable bonds is 8. The number of ketones is 1. The average molecular weight is 521 g/mol. The molecule has 1 fully saturated rings. The zero-order valence-corrected chi connectivity index (χ0v) is 21.7. The molecule has 7 heteroatoms. The zero-order chi connectivity index (χ0) is 26.6. The van der Waals surface area contributed by atoms with E-state index in [-0.39, 0.29) is 13.2 Å². The summed E-state index contributed by atoms with van der Waals surface area (Å²) in [7, 11) is 0. The van der Waals surface area contributed by atoms with Crippen LogP contribution in [0.2, 0.25) is 5.02 Å². The van der Waals surface area contributed by atoms with E-state index in [1.165, 1.54) is 0 Å². The van der Waals surface area contributed by atoms with Crippen LogP contribution in [0.25, 0.3) is 0 Å². The van der Waals surface area contributed by atoms with Crippen LogP contribution in [0.4, 0.5) is 0 Å². The van der Waals surface area contributed by atoms with Crippen molar-refractivity contribution in [3.63, 3.8) is 0 Å². The first-order valence-corrected chi connectivity index (χ1v) is 12.6. The van der Waals surface area contributed by atoms with E-state index in [9.17, 15) is 14.4 Å². The molecule has 192 valence electrons. The maximum absolute atomic E-state index is 14.3. The van der Waals surface area contributed by atoms with Crippen LogP contribution in [0.15, 0.2) is 78.9 Å². The van der Waals surface area contributed by atoms with Crippen molar-refractivity contribution in [2.75, 3.05) is 13.2 Å². The minimum atomic E-state index is -2.09. The normalized spacial score (nSPS) is 20.3. The fourth-order valence-electron chi connectivity index (χ4n) is 4.92. The quantitative estimate of drug-likeness (QED) is 0.204. The molecule has 0 radical (unpaired) electrons. The van der Waals surface area contributed by atoms with E-state index in [0.29, 0.717) is 21.7 Å². The standard InChI is InChI=1S/C30H29ClO6/c1-4-35-28(33)30(29(34)36-5-2)24(25(32)20-13-11-19(3)12-14-20)26(21-9-7-6-8-10-21)37-27(30)22-15-17-23(31)18-16-22/h6-18,24,26-27H,4-5H2,1-3H3/t24-,26+,27-/m1/s1. The number of carbonyl (C=O) groups excluding carboxylic acids is 3. The molecule has 3 atom stereocenters. The van der Waals surface area contributed by atoms with Gasteiger partial charge in [-0.2, -0.15) is 0 Å².